The van der Waals surface area contributed by atoms with Gasteiger partial charge in [0.25, 0.3) is 0 Å². The highest BCUT2D eigenvalue weighted by molar-refractivity contribution is 5.98. The molecule has 0 bridgehead atoms. The Labute approximate surface area is 198 Å². The summed E-state index contributed by atoms with van der Waals surface area (Å²) >= 11 is 0. The third-order valence-corrected chi connectivity index (χ3v) is 6.70. The van der Waals surface area contributed by atoms with Crippen LogP contribution >= 0.6 is 0 Å². The first kappa shape index (κ1) is 20.5. The molecular weight excluding hydrogens is 422 g/mol. The van der Waals surface area contributed by atoms with Crippen molar-refractivity contribution in [2.45, 2.75) is 18.9 Å². The summed E-state index contributed by atoms with van der Waals surface area (Å²) in [5.74, 6) is 1.77. The molecule has 1 aliphatic rings. The first-order valence-electron chi connectivity index (χ1n) is 11.6. The minimum Gasteiger partial charge on any atom is -0.495 e. The molecule has 5 nitrogen and oxygen atoms in total. The van der Waals surface area contributed by atoms with E-state index in [4.69, 9.17) is 9.72 Å². The summed E-state index contributed by atoms with van der Waals surface area (Å²) < 4.78 is 7.80. The molecule has 1 fully saturated rings. The molecule has 1 aliphatic heterocycles. The second-order valence-electron chi connectivity index (χ2n) is 8.80. The SMILES string of the molecule is COc1ccccc1N1C[C@@H](c2nc3ccccc3n2Cc2ccc3ccccc3c2)CC1=O. The number of benzene rings is 4. The molecular formula is C29H25N3O2. The van der Waals surface area contributed by atoms with Crippen LogP contribution in [0.2, 0.25) is 0 Å². The summed E-state index contributed by atoms with van der Waals surface area (Å²) in [6, 6.07) is 30.9. The molecule has 0 aliphatic carbocycles. The molecule has 168 valence electrons. The minimum absolute atomic E-state index is 0.00488. The zero-order chi connectivity index (χ0) is 23.1. The number of nitrogens with zero attached hydrogens (tertiary/aromatic N) is 3. The molecule has 0 spiro atoms. The molecule has 1 atom stereocenters. The van der Waals surface area contributed by atoms with Crippen molar-refractivity contribution in [3.8, 4) is 5.75 Å². The lowest BCUT2D eigenvalue weighted by Gasteiger charge is -2.20. The van der Waals surface area contributed by atoms with Crippen molar-refractivity contribution < 1.29 is 9.53 Å². The Kier molecular flexibility index (Phi) is 5.02. The summed E-state index contributed by atoms with van der Waals surface area (Å²) in [7, 11) is 1.64. The highest BCUT2D eigenvalue weighted by Gasteiger charge is 2.36. The van der Waals surface area contributed by atoms with Gasteiger partial charge in [0.1, 0.15) is 11.6 Å². The van der Waals surface area contributed by atoms with Gasteiger partial charge in [0.15, 0.2) is 0 Å². The third-order valence-electron chi connectivity index (χ3n) is 6.70. The molecule has 1 saturated heterocycles. The second kappa shape index (κ2) is 8.34. The Morgan fingerprint density at radius 3 is 2.56 bits per heavy atom. The Hall–Kier alpha value is -4.12. The molecule has 4 aromatic carbocycles. The predicted molar refractivity (Wildman–Crippen MR) is 135 cm³/mol. The smallest absolute Gasteiger partial charge is 0.227 e. The van der Waals surface area contributed by atoms with Crippen LogP contribution in [0.3, 0.4) is 0 Å². The van der Waals surface area contributed by atoms with Crippen molar-refractivity contribution in [2.75, 3.05) is 18.6 Å². The van der Waals surface area contributed by atoms with E-state index in [1.807, 2.05) is 47.4 Å². The molecule has 0 N–H and O–H groups in total. The van der Waals surface area contributed by atoms with Crippen LogP contribution in [-0.4, -0.2) is 29.1 Å². The maximum atomic E-state index is 13.1. The Bertz CT molecular complexity index is 1520. The summed E-state index contributed by atoms with van der Waals surface area (Å²) in [5, 5.41) is 2.46. The molecule has 1 amide bonds. The molecule has 2 heterocycles. The topological polar surface area (TPSA) is 47.4 Å². The molecule has 34 heavy (non-hydrogen) atoms. The Morgan fingerprint density at radius 2 is 1.68 bits per heavy atom. The number of aromatic nitrogens is 2. The average molecular weight is 448 g/mol. The predicted octanol–water partition coefficient (Wildman–Crippen LogP) is 5.77. The molecule has 0 radical (unpaired) electrons. The monoisotopic (exact) mass is 447 g/mol. The van der Waals surface area contributed by atoms with Gasteiger partial charge in [-0.2, -0.15) is 0 Å². The van der Waals surface area contributed by atoms with Gasteiger partial charge in [-0.25, -0.2) is 4.98 Å². The van der Waals surface area contributed by atoms with Crippen molar-refractivity contribution in [1.82, 2.24) is 9.55 Å². The molecule has 5 heteroatoms. The van der Waals surface area contributed by atoms with E-state index in [1.165, 1.54) is 16.3 Å². The maximum Gasteiger partial charge on any atom is 0.227 e. The van der Waals surface area contributed by atoms with Gasteiger partial charge in [0, 0.05) is 25.4 Å². The van der Waals surface area contributed by atoms with Crippen LogP contribution in [0, 0.1) is 0 Å². The van der Waals surface area contributed by atoms with Crippen molar-refractivity contribution in [1.29, 1.82) is 0 Å². The van der Waals surface area contributed by atoms with E-state index in [9.17, 15) is 4.79 Å². The molecule has 1 aromatic heterocycles. The zero-order valence-corrected chi connectivity index (χ0v) is 19.0. The van der Waals surface area contributed by atoms with Crippen LogP contribution in [0.4, 0.5) is 5.69 Å². The standard InChI is InChI=1S/C29H25N3O2/c1-34-27-13-7-6-12-26(27)31-19-23(17-28(31)33)29-30-24-10-4-5-11-25(24)32(29)18-20-14-15-21-8-2-3-9-22(21)16-20/h2-16,23H,17-19H2,1H3/t23-/m0/s1. The fraction of sp³-hybridized carbons (Fsp3) is 0.172. The van der Waals surface area contributed by atoms with Crippen molar-refractivity contribution >= 4 is 33.4 Å². The van der Waals surface area contributed by atoms with Crippen molar-refractivity contribution in [2.24, 2.45) is 0 Å². The Balaban J connectivity index is 1.39. The number of carbonyl (C=O) groups is 1. The van der Waals surface area contributed by atoms with Crippen LogP contribution < -0.4 is 9.64 Å². The zero-order valence-electron chi connectivity index (χ0n) is 19.0. The van der Waals surface area contributed by atoms with E-state index < -0.39 is 0 Å². The lowest BCUT2D eigenvalue weighted by molar-refractivity contribution is -0.117. The number of imidazole rings is 1. The number of hydrogen-bond acceptors (Lipinski definition) is 3. The largest absolute Gasteiger partial charge is 0.495 e. The van der Waals surface area contributed by atoms with E-state index in [0.717, 1.165) is 22.5 Å². The van der Waals surface area contributed by atoms with Gasteiger partial charge >= 0.3 is 0 Å². The third kappa shape index (κ3) is 3.50. The summed E-state index contributed by atoms with van der Waals surface area (Å²) in [6.07, 6.45) is 0.430. The lowest BCUT2D eigenvalue weighted by atomic mass is 10.1. The number of carbonyl (C=O) groups excluding carboxylic acids is 1. The minimum atomic E-state index is 0.00488. The van der Waals surface area contributed by atoms with Gasteiger partial charge in [-0.15, -0.1) is 0 Å². The number of rotatable bonds is 5. The van der Waals surface area contributed by atoms with Gasteiger partial charge in [0.05, 0.1) is 23.8 Å². The summed E-state index contributed by atoms with van der Waals surface area (Å²) in [4.78, 5) is 19.9. The fourth-order valence-electron chi connectivity index (χ4n) is 5.06. The van der Waals surface area contributed by atoms with Gasteiger partial charge in [0.2, 0.25) is 5.91 Å². The summed E-state index contributed by atoms with van der Waals surface area (Å²) in [6.45, 7) is 1.29. The van der Waals surface area contributed by atoms with Crippen LogP contribution in [0.1, 0.15) is 23.7 Å². The van der Waals surface area contributed by atoms with Gasteiger partial charge in [-0.05, 0) is 46.7 Å². The van der Waals surface area contributed by atoms with Gasteiger partial charge in [-0.1, -0.05) is 60.7 Å². The molecule has 5 aromatic rings. The van der Waals surface area contributed by atoms with E-state index in [1.54, 1.807) is 7.11 Å². The fourth-order valence-corrected chi connectivity index (χ4v) is 5.06. The van der Waals surface area contributed by atoms with E-state index in [0.29, 0.717) is 25.3 Å². The maximum absolute atomic E-state index is 13.1. The Morgan fingerprint density at radius 1 is 0.912 bits per heavy atom. The van der Waals surface area contributed by atoms with E-state index >= 15 is 0 Å². The van der Waals surface area contributed by atoms with E-state index in [2.05, 4.69) is 53.1 Å². The highest BCUT2D eigenvalue weighted by atomic mass is 16.5. The number of para-hydroxylation sites is 4. The van der Waals surface area contributed by atoms with Gasteiger partial charge in [-0.3, -0.25) is 4.79 Å². The number of methoxy groups -OCH3 is 1. The quantitative estimate of drug-likeness (QED) is 0.344. The molecule has 6 rings (SSSR count). The number of anilines is 1. The average Bonchev–Trinajstić information content (AvgIpc) is 3.44. The lowest BCUT2D eigenvalue weighted by Crippen LogP contribution is -2.25. The van der Waals surface area contributed by atoms with E-state index in [-0.39, 0.29) is 11.8 Å². The van der Waals surface area contributed by atoms with Gasteiger partial charge < -0.3 is 14.2 Å². The van der Waals surface area contributed by atoms with Crippen LogP contribution in [0.15, 0.2) is 91.0 Å². The summed E-state index contributed by atoms with van der Waals surface area (Å²) in [5.41, 5.74) is 4.08. The normalized spacial score (nSPS) is 16.0. The highest BCUT2D eigenvalue weighted by Crippen LogP contribution is 2.37. The first-order chi connectivity index (χ1) is 16.7. The first-order valence-corrected chi connectivity index (χ1v) is 11.6. The second-order valence-corrected chi connectivity index (χ2v) is 8.80. The van der Waals surface area contributed by atoms with Crippen LogP contribution in [0.25, 0.3) is 21.8 Å². The number of fused-ring (bicyclic) bond motifs is 2. The number of ether oxygens (including phenoxy) is 1. The van der Waals surface area contributed by atoms with Crippen LogP contribution in [-0.2, 0) is 11.3 Å². The van der Waals surface area contributed by atoms with Crippen LogP contribution in [0.5, 0.6) is 5.75 Å². The molecule has 0 saturated carbocycles. The number of hydrogen-bond donors (Lipinski definition) is 0. The van der Waals surface area contributed by atoms with Crippen molar-refractivity contribution in [3.05, 3.63) is 102 Å². The number of amides is 1. The molecule has 0 unspecified atom stereocenters. The van der Waals surface area contributed by atoms with Crippen molar-refractivity contribution in [3.63, 3.8) is 0 Å².